The number of hydrogen-bond donors (Lipinski definition) is 3. The molecule has 0 aromatic carbocycles. The van der Waals surface area contributed by atoms with Gasteiger partial charge in [-0.1, -0.05) is 0 Å². The van der Waals surface area contributed by atoms with E-state index in [0.29, 0.717) is 0 Å². The van der Waals surface area contributed by atoms with Gasteiger partial charge in [0.2, 0.25) is 5.91 Å². The molecule has 1 amide bonds. The normalized spacial score (nSPS) is 13.5. The van der Waals surface area contributed by atoms with Crippen molar-refractivity contribution in [2.24, 2.45) is 0 Å². The molecule has 16 heavy (non-hydrogen) atoms. The van der Waals surface area contributed by atoms with Gasteiger partial charge < -0.3 is 5.32 Å². The fourth-order valence-electron chi connectivity index (χ4n) is 1.26. The van der Waals surface area contributed by atoms with Gasteiger partial charge in [-0.2, -0.15) is 0 Å². The molecular weight excluding hydrogens is 228 g/mol. The highest BCUT2D eigenvalue weighted by atomic mass is 32.1. The summed E-state index contributed by atoms with van der Waals surface area (Å²) in [7, 11) is 0. The molecule has 0 saturated heterocycles. The third-order valence-electron chi connectivity index (χ3n) is 1.98. The second kappa shape index (κ2) is 4.25. The van der Waals surface area contributed by atoms with Gasteiger partial charge in [-0.15, -0.1) is 0 Å². The van der Waals surface area contributed by atoms with Gasteiger partial charge >= 0.3 is 5.69 Å². The lowest BCUT2D eigenvalue weighted by molar-refractivity contribution is -0.125. The van der Waals surface area contributed by atoms with E-state index in [2.05, 4.69) is 15.5 Å². The zero-order chi connectivity index (χ0) is 12.5. The van der Waals surface area contributed by atoms with Crippen LogP contribution in [0.25, 0.3) is 0 Å². The summed E-state index contributed by atoms with van der Waals surface area (Å²) in [4.78, 5) is 23.2. The van der Waals surface area contributed by atoms with Crippen LogP contribution in [0.2, 0.25) is 0 Å². The van der Waals surface area contributed by atoms with Crippen LogP contribution >= 0.6 is 12.2 Å². The van der Waals surface area contributed by atoms with Gasteiger partial charge in [0, 0.05) is 5.54 Å². The van der Waals surface area contributed by atoms with Crippen LogP contribution in [0.4, 0.5) is 0 Å². The lowest BCUT2D eigenvalue weighted by Gasteiger charge is -2.23. The van der Waals surface area contributed by atoms with E-state index in [1.54, 1.807) is 6.92 Å². The predicted molar refractivity (Wildman–Crippen MR) is 62.8 cm³/mol. The Morgan fingerprint density at radius 2 is 2.00 bits per heavy atom. The zero-order valence-electron chi connectivity index (χ0n) is 9.75. The minimum absolute atomic E-state index is 0.210. The van der Waals surface area contributed by atoms with Crippen molar-refractivity contribution >= 4 is 18.1 Å². The molecule has 90 valence electrons. The van der Waals surface area contributed by atoms with E-state index >= 15 is 0 Å². The summed E-state index contributed by atoms with van der Waals surface area (Å²) < 4.78 is 1.41. The topological polar surface area (TPSA) is 82.7 Å². The summed E-state index contributed by atoms with van der Waals surface area (Å²) in [6.07, 6.45) is 0. The summed E-state index contributed by atoms with van der Waals surface area (Å²) in [6.45, 7) is 7.24. The van der Waals surface area contributed by atoms with E-state index in [-0.39, 0.29) is 16.2 Å². The van der Waals surface area contributed by atoms with E-state index < -0.39 is 11.7 Å². The molecule has 0 aliphatic carbocycles. The highest BCUT2D eigenvalue weighted by Crippen LogP contribution is 2.06. The Balaban J connectivity index is 2.96. The van der Waals surface area contributed by atoms with Gasteiger partial charge in [-0.05, 0) is 39.9 Å². The second-order valence-corrected chi connectivity index (χ2v) is 5.03. The number of nitrogens with one attached hydrogen (secondary N) is 3. The van der Waals surface area contributed by atoms with E-state index in [4.69, 9.17) is 12.2 Å². The average Bonchev–Trinajstić information content (AvgIpc) is 2.42. The van der Waals surface area contributed by atoms with Gasteiger partial charge in [0.1, 0.15) is 6.04 Å². The third kappa shape index (κ3) is 2.82. The van der Waals surface area contributed by atoms with Crippen LogP contribution in [0.3, 0.4) is 0 Å². The van der Waals surface area contributed by atoms with Crippen LogP contribution in [-0.4, -0.2) is 26.2 Å². The summed E-state index contributed by atoms with van der Waals surface area (Å²) >= 11 is 4.91. The first-order valence-corrected chi connectivity index (χ1v) is 5.34. The van der Waals surface area contributed by atoms with Crippen LogP contribution in [0.5, 0.6) is 0 Å². The number of H-pyrrole nitrogens is 2. The molecule has 6 nitrogen and oxygen atoms in total. The summed E-state index contributed by atoms with van der Waals surface area (Å²) in [6, 6.07) is -0.637. The van der Waals surface area contributed by atoms with E-state index in [9.17, 15) is 9.59 Å². The highest BCUT2D eigenvalue weighted by molar-refractivity contribution is 7.71. The number of rotatable bonds is 2. The fourth-order valence-corrected chi connectivity index (χ4v) is 1.55. The maximum atomic E-state index is 11.8. The van der Waals surface area contributed by atoms with Crippen LogP contribution in [0.15, 0.2) is 4.79 Å². The molecule has 1 heterocycles. The molecule has 0 fully saturated rings. The second-order valence-electron chi connectivity index (χ2n) is 4.65. The number of carbonyl (C=O) groups is 1. The molecule has 0 aliphatic rings. The van der Waals surface area contributed by atoms with Crippen molar-refractivity contribution in [3.05, 3.63) is 15.3 Å². The van der Waals surface area contributed by atoms with Crippen molar-refractivity contribution < 1.29 is 4.79 Å². The Hall–Kier alpha value is -1.37. The van der Waals surface area contributed by atoms with Crippen molar-refractivity contribution in [1.82, 2.24) is 20.1 Å². The van der Waals surface area contributed by atoms with Crippen molar-refractivity contribution in [2.45, 2.75) is 39.3 Å². The molecule has 0 radical (unpaired) electrons. The SMILES string of the molecule is CC(C(=O)NC(C)(C)C)n1c(=O)[nH][nH]c1=S. The molecule has 1 aromatic rings. The first kappa shape index (κ1) is 12.7. The number of aromatic amines is 2. The van der Waals surface area contributed by atoms with Gasteiger partial charge in [0.25, 0.3) is 0 Å². The molecule has 1 unspecified atom stereocenters. The monoisotopic (exact) mass is 244 g/mol. The van der Waals surface area contributed by atoms with Crippen molar-refractivity contribution in [3.63, 3.8) is 0 Å². The summed E-state index contributed by atoms with van der Waals surface area (Å²) in [5.74, 6) is -0.242. The predicted octanol–water partition coefficient (Wildman–Crippen LogP) is 0.710. The lowest BCUT2D eigenvalue weighted by atomic mass is 10.1. The quantitative estimate of drug-likeness (QED) is 0.670. The van der Waals surface area contributed by atoms with Crippen LogP contribution < -0.4 is 11.0 Å². The molecular formula is C9H16N4O2S. The Morgan fingerprint density at radius 1 is 1.44 bits per heavy atom. The molecule has 0 spiro atoms. The molecule has 7 heteroatoms. The van der Waals surface area contributed by atoms with Gasteiger partial charge in [-0.25, -0.2) is 9.89 Å². The smallest absolute Gasteiger partial charge is 0.343 e. The van der Waals surface area contributed by atoms with Gasteiger partial charge in [0.15, 0.2) is 4.77 Å². The Bertz CT molecular complexity index is 463. The lowest BCUT2D eigenvalue weighted by Crippen LogP contribution is -2.45. The number of carbonyl (C=O) groups excluding carboxylic acids is 1. The van der Waals surface area contributed by atoms with Gasteiger partial charge in [-0.3, -0.25) is 14.5 Å². The van der Waals surface area contributed by atoms with Crippen LogP contribution in [-0.2, 0) is 4.79 Å². The molecule has 3 N–H and O–H groups in total. The third-order valence-corrected chi connectivity index (χ3v) is 2.28. The average molecular weight is 244 g/mol. The zero-order valence-corrected chi connectivity index (χ0v) is 10.6. The highest BCUT2D eigenvalue weighted by Gasteiger charge is 2.22. The van der Waals surface area contributed by atoms with E-state index in [1.807, 2.05) is 20.8 Å². The fraction of sp³-hybridized carbons (Fsp3) is 0.667. The number of amides is 1. The summed E-state index contributed by atoms with van der Waals surface area (Å²) in [5.41, 5.74) is -0.752. The van der Waals surface area contributed by atoms with E-state index in [1.165, 1.54) is 4.57 Å². The molecule has 1 atom stereocenters. The number of nitrogens with zero attached hydrogens (tertiary/aromatic N) is 1. The first-order valence-electron chi connectivity index (χ1n) is 4.93. The minimum atomic E-state index is -0.637. The minimum Gasteiger partial charge on any atom is -0.350 e. The Labute approximate surface area is 98.0 Å². The van der Waals surface area contributed by atoms with Crippen molar-refractivity contribution in [3.8, 4) is 0 Å². The molecule has 0 saturated carbocycles. The van der Waals surface area contributed by atoms with Crippen molar-refractivity contribution in [1.29, 1.82) is 0 Å². The molecule has 1 aromatic heterocycles. The maximum Gasteiger partial charge on any atom is 0.343 e. The van der Waals surface area contributed by atoms with Crippen LogP contribution in [0.1, 0.15) is 33.7 Å². The number of hydrogen-bond acceptors (Lipinski definition) is 3. The van der Waals surface area contributed by atoms with Gasteiger partial charge in [0.05, 0.1) is 0 Å². The molecule has 0 aliphatic heterocycles. The Morgan fingerprint density at radius 3 is 2.38 bits per heavy atom. The summed E-state index contributed by atoms with van der Waals surface area (Å²) in [5, 5.41) is 7.62. The first-order chi connectivity index (χ1) is 7.22. The molecule has 0 bridgehead atoms. The standard InChI is InChI=1S/C9H16N4O2S/c1-5(6(14)10-9(2,3)4)13-7(15)11-12-8(13)16/h5H,1-4H3,(H,10,14)(H,11,15)(H,12,16). The maximum absolute atomic E-state index is 11.8. The largest absolute Gasteiger partial charge is 0.350 e. The Kier molecular flexibility index (Phi) is 3.37. The van der Waals surface area contributed by atoms with Crippen LogP contribution in [0, 0.1) is 4.77 Å². The van der Waals surface area contributed by atoms with Crippen molar-refractivity contribution in [2.75, 3.05) is 0 Å². The number of aromatic nitrogens is 3. The molecule has 1 rings (SSSR count). The van der Waals surface area contributed by atoms with E-state index in [0.717, 1.165) is 0 Å².